The normalized spacial score (nSPS) is 17.0. The van der Waals surface area contributed by atoms with Crippen LogP contribution in [0.25, 0.3) is 0 Å². The zero-order chi connectivity index (χ0) is 18.6. The molecule has 6 nitrogen and oxygen atoms in total. The van der Waals surface area contributed by atoms with Crippen LogP contribution in [0.2, 0.25) is 5.02 Å². The number of methoxy groups -OCH3 is 1. The first-order valence-electron chi connectivity index (χ1n) is 8.37. The van der Waals surface area contributed by atoms with E-state index in [2.05, 4.69) is 5.32 Å². The van der Waals surface area contributed by atoms with Crippen molar-refractivity contribution in [3.8, 4) is 5.75 Å². The molecule has 1 amide bonds. The third kappa shape index (κ3) is 5.01. The maximum atomic E-state index is 12.6. The summed E-state index contributed by atoms with van der Waals surface area (Å²) < 4.78 is 30.8. The monoisotopic (exact) mass is 388 g/mol. The smallest absolute Gasteiger partial charge is 0.243 e. The molecule has 0 heterocycles. The lowest BCUT2D eigenvalue weighted by molar-refractivity contribution is -0.122. The van der Waals surface area contributed by atoms with Crippen molar-refractivity contribution >= 4 is 33.2 Å². The quantitative estimate of drug-likeness (QED) is 0.812. The lowest BCUT2D eigenvalue weighted by atomic mass is 9.95. The molecule has 1 N–H and O–H groups in total. The second kappa shape index (κ2) is 8.27. The van der Waals surface area contributed by atoms with E-state index in [1.54, 1.807) is 19.1 Å². The van der Waals surface area contributed by atoms with Crippen molar-refractivity contribution in [2.45, 2.75) is 51.1 Å². The molecule has 0 saturated heterocycles. The van der Waals surface area contributed by atoms with E-state index < -0.39 is 16.1 Å². The standard InChI is InChI=1S/C17H25ClN2O4S/c1-12(17(21)19-13-7-5-4-6-8-13)20(25(3,22)23)14-9-10-16(24-2)15(18)11-14/h9-13H,4-8H2,1-3H3,(H,19,21)/t12-/m1/s1. The Morgan fingerprint density at radius 1 is 1.32 bits per heavy atom. The number of halogens is 1. The number of sulfonamides is 1. The number of hydrogen-bond acceptors (Lipinski definition) is 4. The van der Waals surface area contributed by atoms with Crippen molar-refractivity contribution in [1.82, 2.24) is 5.32 Å². The van der Waals surface area contributed by atoms with Crippen LogP contribution in [-0.4, -0.2) is 39.8 Å². The van der Waals surface area contributed by atoms with Gasteiger partial charge in [0.2, 0.25) is 15.9 Å². The van der Waals surface area contributed by atoms with E-state index in [9.17, 15) is 13.2 Å². The van der Waals surface area contributed by atoms with Crippen LogP contribution in [0.15, 0.2) is 18.2 Å². The van der Waals surface area contributed by atoms with Gasteiger partial charge in [-0.1, -0.05) is 30.9 Å². The molecule has 1 aromatic rings. The number of ether oxygens (including phenoxy) is 1. The third-order valence-corrected chi connectivity index (χ3v) is 5.97. The molecule has 0 radical (unpaired) electrons. The summed E-state index contributed by atoms with van der Waals surface area (Å²) in [5.74, 6) is 0.141. The number of amides is 1. The Kier molecular flexibility index (Phi) is 6.57. The molecule has 140 valence electrons. The summed E-state index contributed by atoms with van der Waals surface area (Å²) in [7, 11) is -2.18. The van der Waals surface area contributed by atoms with Gasteiger partial charge in [-0.3, -0.25) is 9.10 Å². The van der Waals surface area contributed by atoms with Gasteiger partial charge in [0.05, 0.1) is 24.1 Å². The molecule has 0 aliphatic heterocycles. The van der Waals surface area contributed by atoms with Gasteiger partial charge in [0.1, 0.15) is 11.8 Å². The van der Waals surface area contributed by atoms with E-state index in [1.807, 2.05) is 0 Å². The highest BCUT2D eigenvalue weighted by atomic mass is 35.5. The Balaban J connectivity index is 2.24. The van der Waals surface area contributed by atoms with Gasteiger partial charge in [0.15, 0.2) is 0 Å². The van der Waals surface area contributed by atoms with Crippen LogP contribution in [0.5, 0.6) is 5.75 Å². The number of hydrogen-bond donors (Lipinski definition) is 1. The lowest BCUT2D eigenvalue weighted by Gasteiger charge is -2.31. The van der Waals surface area contributed by atoms with Gasteiger partial charge in [-0.2, -0.15) is 0 Å². The van der Waals surface area contributed by atoms with E-state index >= 15 is 0 Å². The Morgan fingerprint density at radius 2 is 1.96 bits per heavy atom. The number of nitrogens with one attached hydrogen (secondary N) is 1. The molecule has 2 rings (SSSR count). The molecule has 25 heavy (non-hydrogen) atoms. The van der Waals surface area contributed by atoms with Crippen molar-refractivity contribution < 1.29 is 17.9 Å². The number of rotatable bonds is 6. The fraction of sp³-hybridized carbons (Fsp3) is 0.588. The van der Waals surface area contributed by atoms with Crippen LogP contribution in [0.4, 0.5) is 5.69 Å². The molecule has 1 aliphatic carbocycles. The van der Waals surface area contributed by atoms with E-state index in [0.29, 0.717) is 11.4 Å². The van der Waals surface area contributed by atoms with Gasteiger partial charge in [-0.05, 0) is 38.0 Å². The van der Waals surface area contributed by atoms with Crippen molar-refractivity contribution in [2.24, 2.45) is 0 Å². The first-order valence-corrected chi connectivity index (χ1v) is 10.6. The van der Waals surface area contributed by atoms with Crippen LogP contribution in [0.3, 0.4) is 0 Å². The summed E-state index contributed by atoms with van der Waals surface area (Å²) in [6, 6.07) is 3.90. The largest absolute Gasteiger partial charge is 0.495 e. The molecule has 0 bridgehead atoms. The Hall–Kier alpha value is -1.47. The summed E-state index contributed by atoms with van der Waals surface area (Å²) >= 11 is 6.12. The number of carbonyl (C=O) groups excluding carboxylic acids is 1. The van der Waals surface area contributed by atoms with Gasteiger partial charge in [0, 0.05) is 6.04 Å². The van der Waals surface area contributed by atoms with Gasteiger partial charge >= 0.3 is 0 Å². The average Bonchev–Trinajstić information content (AvgIpc) is 2.54. The SMILES string of the molecule is COc1ccc(N([C@H](C)C(=O)NC2CCCCC2)S(C)(=O)=O)cc1Cl. The highest BCUT2D eigenvalue weighted by molar-refractivity contribution is 7.92. The summed E-state index contributed by atoms with van der Waals surface area (Å²) in [6.07, 6.45) is 6.31. The topological polar surface area (TPSA) is 75.7 Å². The van der Waals surface area contributed by atoms with Crippen LogP contribution >= 0.6 is 11.6 Å². The maximum Gasteiger partial charge on any atom is 0.243 e. The Bertz CT molecular complexity index is 717. The van der Waals surface area contributed by atoms with E-state index in [0.717, 1.165) is 36.2 Å². The average molecular weight is 389 g/mol. The van der Waals surface area contributed by atoms with E-state index in [1.165, 1.54) is 19.6 Å². The number of anilines is 1. The Morgan fingerprint density at radius 3 is 2.48 bits per heavy atom. The minimum absolute atomic E-state index is 0.115. The zero-order valence-electron chi connectivity index (χ0n) is 14.8. The number of nitrogens with zero attached hydrogens (tertiary/aromatic N) is 1. The van der Waals surface area contributed by atoms with E-state index in [4.69, 9.17) is 16.3 Å². The Labute approximate surface area is 154 Å². The zero-order valence-corrected chi connectivity index (χ0v) is 16.4. The second-order valence-electron chi connectivity index (χ2n) is 6.40. The first-order chi connectivity index (χ1) is 11.7. The summed E-state index contributed by atoms with van der Waals surface area (Å²) in [6.45, 7) is 1.58. The minimum atomic E-state index is -3.67. The molecule has 1 aromatic carbocycles. The molecular weight excluding hydrogens is 364 g/mol. The van der Waals surface area contributed by atoms with Crippen LogP contribution < -0.4 is 14.4 Å². The molecule has 1 aliphatic rings. The third-order valence-electron chi connectivity index (χ3n) is 4.43. The lowest BCUT2D eigenvalue weighted by Crippen LogP contribution is -2.50. The molecule has 0 spiro atoms. The minimum Gasteiger partial charge on any atom is -0.495 e. The van der Waals surface area contributed by atoms with Crippen molar-refractivity contribution in [3.05, 3.63) is 23.2 Å². The van der Waals surface area contributed by atoms with Crippen LogP contribution in [0, 0.1) is 0 Å². The first kappa shape index (κ1) is 19.8. The fourth-order valence-electron chi connectivity index (χ4n) is 3.17. The van der Waals surface area contributed by atoms with Crippen LogP contribution in [0.1, 0.15) is 39.0 Å². The second-order valence-corrected chi connectivity index (χ2v) is 8.66. The molecule has 1 fully saturated rings. The number of benzene rings is 1. The molecule has 1 atom stereocenters. The molecule has 0 aromatic heterocycles. The molecule has 8 heteroatoms. The van der Waals surface area contributed by atoms with Gasteiger partial charge in [-0.15, -0.1) is 0 Å². The highest BCUT2D eigenvalue weighted by Crippen LogP contribution is 2.31. The summed E-state index contributed by atoms with van der Waals surface area (Å²) in [5, 5.41) is 3.26. The number of carbonyl (C=O) groups is 1. The van der Waals surface area contributed by atoms with E-state index in [-0.39, 0.29) is 17.0 Å². The maximum absolute atomic E-state index is 12.6. The predicted octanol–water partition coefficient (Wildman–Crippen LogP) is 2.95. The van der Waals surface area contributed by atoms with Crippen molar-refractivity contribution in [1.29, 1.82) is 0 Å². The molecular formula is C17H25ClN2O4S. The van der Waals surface area contributed by atoms with Gasteiger partial charge in [-0.25, -0.2) is 8.42 Å². The predicted molar refractivity (Wildman–Crippen MR) is 99.8 cm³/mol. The van der Waals surface area contributed by atoms with Crippen LogP contribution in [-0.2, 0) is 14.8 Å². The van der Waals surface area contributed by atoms with Crippen molar-refractivity contribution in [3.63, 3.8) is 0 Å². The molecule has 1 saturated carbocycles. The summed E-state index contributed by atoms with van der Waals surface area (Å²) in [5.41, 5.74) is 0.333. The highest BCUT2D eigenvalue weighted by Gasteiger charge is 2.31. The summed E-state index contributed by atoms with van der Waals surface area (Å²) in [4.78, 5) is 12.6. The van der Waals surface area contributed by atoms with Crippen molar-refractivity contribution in [2.75, 3.05) is 17.7 Å². The van der Waals surface area contributed by atoms with Gasteiger partial charge < -0.3 is 10.1 Å². The van der Waals surface area contributed by atoms with Gasteiger partial charge in [0.25, 0.3) is 0 Å². The molecule has 0 unspecified atom stereocenters. The fourth-order valence-corrected chi connectivity index (χ4v) is 4.59.